The van der Waals surface area contributed by atoms with Crippen molar-refractivity contribution in [1.29, 1.82) is 0 Å². The van der Waals surface area contributed by atoms with Crippen molar-refractivity contribution < 1.29 is 0 Å². The minimum absolute atomic E-state index is 0.709. The van der Waals surface area contributed by atoms with E-state index in [4.69, 9.17) is 10.7 Å². The van der Waals surface area contributed by atoms with Crippen LogP contribution in [0.15, 0.2) is 5.38 Å². The number of hydrogen-bond donors (Lipinski definition) is 1. The van der Waals surface area contributed by atoms with Gasteiger partial charge < -0.3 is 5.73 Å². The molecular weight excluding hydrogens is 254 g/mol. The number of fused-ring (bicyclic) bond motifs is 1. The second-order valence-electron chi connectivity index (χ2n) is 6.10. The highest BCUT2D eigenvalue weighted by Gasteiger charge is 2.31. The number of aromatic nitrogens is 1. The average molecular weight is 279 g/mol. The monoisotopic (exact) mass is 279 g/mol. The molecule has 106 valence electrons. The lowest BCUT2D eigenvalue weighted by Crippen LogP contribution is -2.41. The summed E-state index contributed by atoms with van der Waals surface area (Å²) >= 11 is 1.77. The fraction of sp³-hybridized carbons (Fsp3) is 0.800. The minimum Gasteiger partial charge on any atom is -0.330 e. The van der Waals surface area contributed by atoms with Crippen LogP contribution < -0.4 is 5.73 Å². The van der Waals surface area contributed by atoms with Gasteiger partial charge in [-0.15, -0.1) is 11.3 Å². The molecule has 3 nitrogen and oxygen atoms in total. The van der Waals surface area contributed by atoms with Crippen LogP contribution in [0.25, 0.3) is 0 Å². The summed E-state index contributed by atoms with van der Waals surface area (Å²) in [5.74, 6) is 1.98. The number of nitrogens with two attached hydrogens (primary N) is 1. The maximum absolute atomic E-state index is 5.58. The van der Waals surface area contributed by atoms with Gasteiger partial charge in [-0.3, -0.25) is 4.90 Å². The van der Waals surface area contributed by atoms with Crippen molar-refractivity contribution in [3.63, 3.8) is 0 Å². The van der Waals surface area contributed by atoms with Crippen molar-refractivity contribution in [1.82, 2.24) is 9.88 Å². The summed E-state index contributed by atoms with van der Waals surface area (Å²) in [5, 5.41) is 3.42. The Hall–Kier alpha value is -0.450. The Labute approximate surface area is 120 Å². The third-order valence-corrected chi connectivity index (χ3v) is 5.68. The summed E-state index contributed by atoms with van der Waals surface area (Å²) in [5.41, 5.74) is 6.84. The standard InChI is InChI=1S/C15H25N3S/c16-7-5-15-17-14(11-19-15)10-18-8-6-12-3-1-2-4-13(12)9-18/h11-13H,1-10,16H2. The highest BCUT2D eigenvalue weighted by Crippen LogP contribution is 2.36. The van der Waals surface area contributed by atoms with Gasteiger partial charge in [0.2, 0.25) is 0 Å². The van der Waals surface area contributed by atoms with Gasteiger partial charge in [0.25, 0.3) is 0 Å². The van der Waals surface area contributed by atoms with Gasteiger partial charge in [-0.1, -0.05) is 19.3 Å². The van der Waals surface area contributed by atoms with Gasteiger partial charge in [0.15, 0.2) is 0 Å². The fourth-order valence-electron chi connectivity index (χ4n) is 3.71. The van der Waals surface area contributed by atoms with Crippen LogP contribution in [-0.2, 0) is 13.0 Å². The molecule has 1 saturated heterocycles. The minimum atomic E-state index is 0.709. The lowest BCUT2D eigenvalue weighted by atomic mass is 9.75. The third kappa shape index (κ3) is 3.36. The third-order valence-electron chi connectivity index (χ3n) is 4.72. The molecule has 0 radical (unpaired) electrons. The summed E-state index contributed by atoms with van der Waals surface area (Å²) in [6.07, 6.45) is 8.19. The molecule has 2 aliphatic rings. The Balaban J connectivity index is 1.54. The summed E-state index contributed by atoms with van der Waals surface area (Å²) in [7, 11) is 0. The molecule has 0 amide bonds. The molecule has 2 unspecified atom stereocenters. The molecule has 1 aromatic heterocycles. The van der Waals surface area contributed by atoms with Crippen molar-refractivity contribution in [2.45, 2.75) is 45.1 Å². The molecular formula is C15H25N3S. The molecule has 1 saturated carbocycles. The Kier molecular flexibility index (Phi) is 4.51. The molecule has 0 bridgehead atoms. The van der Waals surface area contributed by atoms with E-state index >= 15 is 0 Å². The number of nitrogens with zero attached hydrogens (tertiary/aromatic N) is 2. The predicted molar refractivity (Wildman–Crippen MR) is 80.2 cm³/mol. The van der Waals surface area contributed by atoms with E-state index in [1.165, 1.54) is 55.9 Å². The summed E-state index contributed by atoms with van der Waals surface area (Å²) in [4.78, 5) is 7.31. The fourth-order valence-corrected chi connectivity index (χ4v) is 4.51. The van der Waals surface area contributed by atoms with Crippen molar-refractivity contribution in [2.24, 2.45) is 17.6 Å². The van der Waals surface area contributed by atoms with Gasteiger partial charge in [-0.05, 0) is 37.8 Å². The number of hydrogen-bond acceptors (Lipinski definition) is 4. The Bertz CT molecular complexity index is 404. The summed E-state index contributed by atoms with van der Waals surface area (Å²) in [6.45, 7) is 4.32. The molecule has 0 aromatic carbocycles. The Morgan fingerprint density at radius 3 is 2.95 bits per heavy atom. The van der Waals surface area contributed by atoms with Crippen LogP contribution >= 0.6 is 11.3 Å². The zero-order valence-electron chi connectivity index (χ0n) is 11.7. The van der Waals surface area contributed by atoms with E-state index < -0.39 is 0 Å². The smallest absolute Gasteiger partial charge is 0.0941 e. The van der Waals surface area contributed by atoms with Crippen LogP contribution in [-0.4, -0.2) is 29.5 Å². The zero-order chi connectivity index (χ0) is 13.1. The van der Waals surface area contributed by atoms with E-state index in [9.17, 15) is 0 Å². The van der Waals surface area contributed by atoms with Crippen LogP contribution in [0.2, 0.25) is 0 Å². The van der Waals surface area contributed by atoms with Crippen molar-refractivity contribution >= 4 is 11.3 Å². The van der Waals surface area contributed by atoms with E-state index in [1.807, 2.05) is 0 Å². The second-order valence-corrected chi connectivity index (χ2v) is 7.04. The molecule has 1 aromatic rings. The maximum Gasteiger partial charge on any atom is 0.0941 e. The van der Waals surface area contributed by atoms with Crippen LogP contribution in [0, 0.1) is 11.8 Å². The highest BCUT2D eigenvalue weighted by atomic mass is 32.1. The second kappa shape index (κ2) is 6.33. The topological polar surface area (TPSA) is 42.1 Å². The normalized spacial score (nSPS) is 28.3. The number of likely N-dealkylation sites (tertiary alicyclic amines) is 1. The summed E-state index contributed by atoms with van der Waals surface area (Å²) in [6, 6.07) is 0. The van der Waals surface area contributed by atoms with E-state index in [2.05, 4.69) is 10.3 Å². The SMILES string of the molecule is NCCc1nc(CN2CCC3CCCCC3C2)cs1. The molecule has 2 heterocycles. The van der Waals surface area contributed by atoms with E-state index in [0.29, 0.717) is 6.54 Å². The van der Waals surface area contributed by atoms with Gasteiger partial charge in [0.1, 0.15) is 0 Å². The molecule has 0 spiro atoms. The Morgan fingerprint density at radius 2 is 2.11 bits per heavy atom. The predicted octanol–water partition coefficient (Wildman–Crippen LogP) is 2.66. The van der Waals surface area contributed by atoms with Gasteiger partial charge in [-0.2, -0.15) is 0 Å². The first-order valence-corrected chi connectivity index (χ1v) is 8.59. The van der Waals surface area contributed by atoms with Gasteiger partial charge in [0, 0.05) is 24.9 Å². The van der Waals surface area contributed by atoms with E-state index in [1.54, 1.807) is 11.3 Å². The molecule has 1 aliphatic heterocycles. The van der Waals surface area contributed by atoms with Crippen molar-refractivity contribution in [3.8, 4) is 0 Å². The van der Waals surface area contributed by atoms with E-state index in [-0.39, 0.29) is 0 Å². The first-order valence-electron chi connectivity index (χ1n) is 7.71. The first kappa shape index (κ1) is 13.5. The highest BCUT2D eigenvalue weighted by molar-refractivity contribution is 7.09. The van der Waals surface area contributed by atoms with Crippen LogP contribution in [0.5, 0.6) is 0 Å². The average Bonchev–Trinajstić information content (AvgIpc) is 2.86. The zero-order valence-corrected chi connectivity index (χ0v) is 12.5. The van der Waals surface area contributed by atoms with Crippen LogP contribution in [0.3, 0.4) is 0 Å². The first-order chi connectivity index (χ1) is 9.35. The van der Waals surface area contributed by atoms with Gasteiger partial charge in [-0.25, -0.2) is 4.98 Å². The number of piperidine rings is 1. The lowest BCUT2D eigenvalue weighted by Gasteiger charge is -2.41. The molecule has 19 heavy (non-hydrogen) atoms. The van der Waals surface area contributed by atoms with Crippen LogP contribution in [0.4, 0.5) is 0 Å². The van der Waals surface area contributed by atoms with Crippen LogP contribution in [0.1, 0.15) is 42.8 Å². The van der Waals surface area contributed by atoms with Crippen molar-refractivity contribution in [2.75, 3.05) is 19.6 Å². The molecule has 4 heteroatoms. The molecule has 2 N–H and O–H groups in total. The summed E-state index contributed by atoms with van der Waals surface area (Å²) < 4.78 is 0. The van der Waals surface area contributed by atoms with Crippen molar-refractivity contribution in [3.05, 3.63) is 16.1 Å². The molecule has 2 atom stereocenters. The molecule has 3 rings (SSSR count). The quantitative estimate of drug-likeness (QED) is 0.921. The number of rotatable bonds is 4. The maximum atomic E-state index is 5.58. The van der Waals surface area contributed by atoms with Gasteiger partial charge in [0.05, 0.1) is 10.7 Å². The largest absolute Gasteiger partial charge is 0.330 e. The molecule has 1 aliphatic carbocycles. The van der Waals surface area contributed by atoms with Gasteiger partial charge >= 0.3 is 0 Å². The number of thiazole rings is 1. The molecule has 2 fully saturated rings. The van der Waals surface area contributed by atoms with E-state index in [0.717, 1.165) is 24.8 Å². The lowest BCUT2D eigenvalue weighted by molar-refractivity contribution is 0.0813. The Morgan fingerprint density at radius 1 is 1.26 bits per heavy atom.